The van der Waals surface area contributed by atoms with Crippen LogP contribution >= 0.6 is 27.3 Å². The van der Waals surface area contributed by atoms with Crippen molar-refractivity contribution in [3.05, 3.63) is 49.6 Å². The molecule has 1 aliphatic heterocycles. The zero-order valence-corrected chi connectivity index (χ0v) is 14.4. The number of benzene rings is 1. The Morgan fingerprint density at radius 3 is 2.81 bits per heavy atom. The van der Waals surface area contributed by atoms with Gasteiger partial charge >= 0.3 is 0 Å². The highest BCUT2D eigenvalue weighted by Crippen LogP contribution is 2.35. The van der Waals surface area contributed by atoms with Crippen LogP contribution in [0, 0.1) is 6.92 Å². The Kier molecular flexibility index (Phi) is 4.15. The first-order valence-corrected chi connectivity index (χ1v) is 8.55. The predicted molar refractivity (Wildman–Crippen MR) is 91.1 cm³/mol. The third-order valence-electron chi connectivity index (χ3n) is 3.81. The molecule has 1 atom stereocenters. The van der Waals surface area contributed by atoms with Crippen LogP contribution in [0.5, 0.6) is 0 Å². The first-order valence-electron chi connectivity index (χ1n) is 6.94. The molecule has 0 aliphatic carbocycles. The van der Waals surface area contributed by atoms with Crippen molar-refractivity contribution in [2.45, 2.75) is 25.8 Å². The summed E-state index contributed by atoms with van der Waals surface area (Å²) in [6.07, 6.45) is 1.39. The molecule has 0 bridgehead atoms. The number of carbonyl (C=O) groups is 1. The lowest BCUT2D eigenvalue weighted by Crippen LogP contribution is -2.21. The largest absolute Gasteiger partial charge is 0.326 e. The minimum Gasteiger partial charge on any atom is -0.326 e. The molecule has 0 spiro atoms. The fraction of sp³-hybridized carbons (Fsp3) is 0.312. The molecule has 0 saturated heterocycles. The highest BCUT2D eigenvalue weighted by atomic mass is 79.9. The zero-order chi connectivity index (χ0) is 15.0. The van der Waals surface area contributed by atoms with Gasteiger partial charge in [0.2, 0.25) is 5.91 Å². The standard InChI is InChI=1S/C16H17BrN2OS/c1-9-7-13(21-16(9)17)15(18-2)11-3-5-12-10(8-11)4-6-14(20)19-12/h3,5,7-8,15,18H,4,6H2,1-2H3,(H,19,20). The molecule has 1 aromatic heterocycles. The van der Waals surface area contributed by atoms with Crippen LogP contribution in [0.3, 0.4) is 0 Å². The normalized spacial score (nSPS) is 15.5. The first kappa shape index (κ1) is 14.8. The zero-order valence-electron chi connectivity index (χ0n) is 12.0. The van der Waals surface area contributed by atoms with Crippen LogP contribution in [-0.2, 0) is 11.2 Å². The lowest BCUT2D eigenvalue weighted by Gasteiger charge is -2.21. The van der Waals surface area contributed by atoms with Gasteiger partial charge in [0.15, 0.2) is 0 Å². The fourth-order valence-corrected chi connectivity index (χ4v) is 4.39. The minimum absolute atomic E-state index is 0.109. The summed E-state index contributed by atoms with van der Waals surface area (Å²) in [4.78, 5) is 12.7. The monoisotopic (exact) mass is 364 g/mol. The maximum atomic E-state index is 11.4. The SMILES string of the molecule is CNC(c1ccc2c(c1)CCC(=O)N2)c1cc(C)c(Br)s1. The minimum atomic E-state index is 0.109. The molecule has 3 nitrogen and oxygen atoms in total. The predicted octanol–water partition coefficient (Wildman–Crippen LogP) is 4.01. The van der Waals surface area contributed by atoms with E-state index in [2.05, 4.69) is 51.7 Å². The van der Waals surface area contributed by atoms with Gasteiger partial charge in [-0.05, 0) is 65.1 Å². The molecule has 5 heteroatoms. The van der Waals surface area contributed by atoms with Crippen molar-refractivity contribution in [1.29, 1.82) is 0 Å². The van der Waals surface area contributed by atoms with Crippen molar-refractivity contribution in [2.24, 2.45) is 0 Å². The lowest BCUT2D eigenvalue weighted by molar-refractivity contribution is -0.116. The second-order valence-electron chi connectivity index (χ2n) is 5.29. The van der Waals surface area contributed by atoms with Gasteiger partial charge in [-0.1, -0.05) is 12.1 Å². The summed E-state index contributed by atoms with van der Waals surface area (Å²) < 4.78 is 1.18. The van der Waals surface area contributed by atoms with Crippen molar-refractivity contribution >= 4 is 38.9 Å². The Morgan fingerprint density at radius 1 is 1.33 bits per heavy atom. The van der Waals surface area contributed by atoms with E-state index in [0.717, 1.165) is 12.1 Å². The van der Waals surface area contributed by atoms with E-state index in [4.69, 9.17) is 0 Å². The summed E-state index contributed by atoms with van der Waals surface area (Å²) in [7, 11) is 1.98. The van der Waals surface area contributed by atoms with Gasteiger partial charge in [-0.2, -0.15) is 0 Å². The maximum absolute atomic E-state index is 11.4. The van der Waals surface area contributed by atoms with Gasteiger partial charge in [-0.25, -0.2) is 0 Å². The van der Waals surface area contributed by atoms with E-state index >= 15 is 0 Å². The van der Waals surface area contributed by atoms with Gasteiger partial charge in [0, 0.05) is 17.0 Å². The van der Waals surface area contributed by atoms with Crippen molar-refractivity contribution in [2.75, 3.05) is 12.4 Å². The van der Waals surface area contributed by atoms with Crippen LogP contribution in [-0.4, -0.2) is 13.0 Å². The number of carbonyl (C=O) groups excluding carboxylic acids is 1. The summed E-state index contributed by atoms with van der Waals surface area (Å²) in [5, 5.41) is 6.33. The molecule has 0 fully saturated rings. The average molecular weight is 365 g/mol. The molecular formula is C16H17BrN2OS. The lowest BCUT2D eigenvalue weighted by atomic mass is 9.96. The van der Waals surface area contributed by atoms with Crippen LogP contribution in [0.4, 0.5) is 5.69 Å². The van der Waals surface area contributed by atoms with Gasteiger partial charge in [0.05, 0.1) is 9.83 Å². The van der Waals surface area contributed by atoms with E-state index in [-0.39, 0.29) is 11.9 Å². The number of aryl methyl sites for hydroxylation is 2. The number of fused-ring (bicyclic) bond motifs is 1. The molecule has 0 saturated carbocycles. The van der Waals surface area contributed by atoms with Gasteiger partial charge in [0.1, 0.15) is 0 Å². The highest BCUT2D eigenvalue weighted by molar-refractivity contribution is 9.11. The summed E-state index contributed by atoms with van der Waals surface area (Å²) >= 11 is 5.36. The van der Waals surface area contributed by atoms with Crippen LogP contribution in [0.25, 0.3) is 0 Å². The van der Waals surface area contributed by atoms with E-state index < -0.39 is 0 Å². The molecule has 1 aromatic carbocycles. The first-order chi connectivity index (χ1) is 10.1. The van der Waals surface area contributed by atoms with Gasteiger partial charge in [0.25, 0.3) is 0 Å². The van der Waals surface area contributed by atoms with Gasteiger partial charge in [-0.15, -0.1) is 11.3 Å². The van der Waals surface area contributed by atoms with Crippen LogP contribution in [0.2, 0.25) is 0 Å². The number of thiophene rings is 1. The van der Waals surface area contributed by atoms with Crippen LogP contribution in [0.1, 0.15) is 34.0 Å². The average Bonchev–Trinajstić information content (AvgIpc) is 2.79. The van der Waals surface area contributed by atoms with Crippen LogP contribution in [0.15, 0.2) is 28.1 Å². The second kappa shape index (κ2) is 5.91. The third-order valence-corrected chi connectivity index (χ3v) is 6.01. The van der Waals surface area contributed by atoms with Gasteiger partial charge in [-0.3, -0.25) is 4.79 Å². The Hall–Kier alpha value is -1.17. The van der Waals surface area contributed by atoms with E-state index in [1.807, 2.05) is 13.1 Å². The number of amides is 1. The molecule has 3 rings (SSSR count). The van der Waals surface area contributed by atoms with Crippen molar-refractivity contribution in [3.8, 4) is 0 Å². The molecule has 2 aromatic rings. The van der Waals surface area contributed by atoms with E-state index in [0.29, 0.717) is 6.42 Å². The summed E-state index contributed by atoms with van der Waals surface area (Å²) in [6.45, 7) is 2.11. The molecule has 2 heterocycles. The Balaban J connectivity index is 1.96. The number of nitrogens with one attached hydrogen (secondary N) is 2. The van der Waals surface area contributed by atoms with E-state index in [1.165, 1.54) is 25.4 Å². The van der Waals surface area contributed by atoms with E-state index in [9.17, 15) is 4.79 Å². The van der Waals surface area contributed by atoms with Crippen LogP contribution < -0.4 is 10.6 Å². The summed E-state index contributed by atoms with van der Waals surface area (Å²) in [6, 6.07) is 8.72. The smallest absolute Gasteiger partial charge is 0.224 e. The Bertz CT molecular complexity index is 676. The number of hydrogen-bond acceptors (Lipinski definition) is 3. The number of anilines is 1. The number of hydrogen-bond donors (Lipinski definition) is 2. The molecule has 0 radical (unpaired) electrons. The highest BCUT2D eigenvalue weighted by Gasteiger charge is 2.19. The Morgan fingerprint density at radius 2 is 2.14 bits per heavy atom. The quantitative estimate of drug-likeness (QED) is 0.863. The third kappa shape index (κ3) is 2.91. The molecular weight excluding hydrogens is 348 g/mol. The molecule has 2 N–H and O–H groups in total. The Labute approximate surface area is 136 Å². The fourth-order valence-electron chi connectivity index (χ4n) is 2.68. The molecule has 21 heavy (non-hydrogen) atoms. The van der Waals surface area contributed by atoms with Gasteiger partial charge < -0.3 is 10.6 Å². The maximum Gasteiger partial charge on any atom is 0.224 e. The molecule has 1 amide bonds. The molecule has 1 aliphatic rings. The van der Waals surface area contributed by atoms with E-state index in [1.54, 1.807) is 11.3 Å². The number of halogens is 1. The van der Waals surface area contributed by atoms with Crippen molar-refractivity contribution in [1.82, 2.24) is 5.32 Å². The second-order valence-corrected chi connectivity index (χ2v) is 7.69. The number of rotatable bonds is 3. The molecule has 110 valence electrons. The van der Waals surface area contributed by atoms with Crippen molar-refractivity contribution in [3.63, 3.8) is 0 Å². The molecule has 1 unspecified atom stereocenters. The summed E-state index contributed by atoms with van der Waals surface area (Å²) in [5.74, 6) is 0.109. The topological polar surface area (TPSA) is 41.1 Å². The summed E-state index contributed by atoms with van der Waals surface area (Å²) in [5.41, 5.74) is 4.68. The van der Waals surface area contributed by atoms with Crippen molar-refractivity contribution < 1.29 is 4.79 Å².